The van der Waals surface area contributed by atoms with E-state index in [4.69, 9.17) is 4.74 Å². The number of hydrogen-bond acceptors (Lipinski definition) is 4. The van der Waals surface area contributed by atoms with Crippen molar-refractivity contribution in [3.05, 3.63) is 29.8 Å². The van der Waals surface area contributed by atoms with E-state index in [-0.39, 0.29) is 29.6 Å². The predicted octanol–water partition coefficient (Wildman–Crippen LogP) is 1.73. The fraction of sp³-hybridized carbons (Fsp3) is 0.562. The highest BCUT2D eigenvalue weighted by Gasteiger charge is 2.34. The molecule has 1 aromatic carbocycles. The number of urea groups is 1. The molecule has 1 N–H and O–H groups in total. The van der Waals surface area contributed by atoms with Gasteiger partial charge in [0, 0.05) is 12.6 Å². The highest BCUT2D eigenvalue weighted by Crippen LogP contribution is 2.33. The fourth-order valence-corrected chi connectivity index (χ4v) is 5.04. The van der Waals surface area contributed by atoms with Gasteiger partial charge in [0.2, 0.25) is 0 Å². The van der Waals surface area contributed by atoms with E-state index < -0.39 is 9.84 Å². The molecule has 2 fully saturated rings. The zero-order chi connectivity index (χ0) is 16.4. The summed E-state index contributed by atoms with van der Waals surface area (Å²) in [6.07, 6.45) is 2.35. The standard InChI is InChI=1S/C16H22N2O4S/c1-22-14-5-2-4-12(10-14)15-6-3-8-18(15)16(19)17-13-7-9-23(20,21)11-13/h2,4-5,10,13,15H,3,6-9,11H2,1H3,(H,17,19)/t13-,15-/m0/s1. The quantitative estimate of drug-likeness (QED) is 0.911. The number of likely N-dealkylation sites (tertiary alicyclic amines) is 1. The number of amides is 2. The molecule has 6 nitrogen and oxygen atoms in total. The van der Waals surface area contributed by atoms with Crippen molar-refractivity contribution >= 4 is 15.9 Å². The van der Waals surface area contributed by atoms with Gasteiger partial charge in [-0.05, 0) is 37.0 Å². The maximum Gasteiger partial charge on any atom is 0.318 e. The Hall–Kier alpha value is -1.76. The first-order chi connectivity index (χ1) is 11.0. The van der Waals surface area contributed by atoms with Crippen molar-refractivity contribution in [1.82, 2.24) is 10.2 Å². The molecule has 2 heterocycles. The van der Waals surface area contributed by atoms with Crippen LogP contribution in [0.15, 0.2) is 24.3 Å². The minimum absolute atomic E-state index is 0.0168. The Balaban J connectivity index is 1.69. The van der Waals surface area contributed by atoms with Crippen molar-refractivity contribution in [2.45, 2.75) is 31.3 Å². The largest absolute Gasteiger partial charge is 0.497 e. The van der Waals surface area contributed by atoms with Gasteiger partial charge in [0.1, 0.15) is 5.75 Å². The molecule has 2 aliphatic heterocycles. The third-order valence-electron chi connectivity index (χ3n) is 4.55. The van der Waals surface area contributed by atoms with Gasteiger partial charge in [-0.25, -0.2) is 13.2 Å². The van der Waals surface area contributed by atoms with E-state index in [2.05, 4.69) is 5.32 Å². The number of benzene rings is 1. The van der Waals surface area contributed by atoms with Gasteiger partial charge in [-0.1, -0.05) is 12.1 Å². The summed E-state index contributed by atoms with van der Waals surface area (Å²) in [4.78, 5) is 14.3. The van der Waals surface area contributed by atoms with Crippen LogP contribution in [0.1, 0.15) is 30.9 Å². The lowest BCUT2D eigenvalue weighted by molar-refractivity contribution is 0.190. The molecule has 2 saturated heterocycles. The Morgan fingerprint density at radius 2 is 2.17 bits per heavy atom. The van der Waals surface area contributed by atoms with Gasteiger partial charge < -0.3 is 15.0 Å². The molecule has 0 unspecified atom stereocenters. The second-order valence-corrected chi connectivity index (χ2v) is 8.41. The van der Waals surface area contributed by atoms with Crippen LogP contribution in [-0.2, 0) is 9.84 Å². The van der Waals surface area contributed by atoms with Crippen LogP contribution >= 0.6 is 0 Å². The maximum atomic E-state index is 12.5. The Morgan fingerprint density at radius 1 is 1.35 bits per heavy atom. The highest BCUT2D eigenvalue weighted by atomic mass is 32.2. The maximum absolute atomic E-state index is 12.5. The first kappa shape index (κ1) is 16.1. The van der Waals surface area contributed by atoms with Crippen molar-refractivity contribution in [3.8, 4) is 5.75 Å². The minimum atomic E-state index is -2.99. The summed E-state index contributed by atoms with van der Waals surface area (Å²) in [5, 5.41) is 2.88. The number of methoxy groups -OCH3 is 1. The molecule has 0 radical (unpaired) electrons. The first-order valence-corrected chi connectivity index (χ1v) is 9.72. The van der Waals surface area contributed by atoms with E-state index in [9.17, 15) is 13.2 Å². The van der Waals surface area contributed by atoms with Crippen molar-refractivity contribution in [2.75, 3.05) is 25.2 Å². The summed E-state index contributed by atoms with van der Waals surface area (Å²) < 4.78 is 28.3. The molecule has 2 atom stereocenters. The number of rotatable bonds is 3. The van der Waals surface area contributed by atoms with Crippen LogP contribution in [0, 0.1) is 0 Å². The topological polar surface area (TPSA) is 75.7 Å². The van der Waals surface area contributed by atoms with E-state index >= 15 is 0 Å². The summed E-state index contributed by atoms with van der Waals surface area (Å²) in [7, 11) is -1.37. The monoisotopic (exact) mass is 338 g/mol. The molecule has 7 heteroatoms. The summed E-state index contributed by atoms with van der Waals surface area (Å²) in [6, 6.07) is 7.34. The van der Waals surface area contributed by atoms with Gasteiger partial charge in [0.25, 0.3) is 0 Å². The molecule has 23 heavy (non-hydrogen) atoms. The number of carbonyl (C=O) groups is 1. The smallest absolute Gasteiger partial charge is 0.318 e. The molecule has 2 amide bonds. The number of nitrogens with one attached hydrogen (secondary N) is 1. The van der Waals surface area contributed by atoms with Gasteiger partial charge >= 0.3 is 6.03 Å². The number of carbonyl (C=O) groups excluding carboxylic acids is 1. The summed E-state index contributed by atoms with van der Waals surface area (Å²) in [5.41, 5.74) is 1.05. The molecule has 126 valence electrons. The Bertz CT molecular complexity index is 689. The van der Waals surface area contributed by atoms with E-state index in [0.29, 0.717) is 13.0 Å². The third-order valence-corrected chi connectivity index (χ3v) is 6.32. The number of sulfone groups is 1. The molecule has 2 aliphatic rings. The minimum Gasteiger partial charge on any atom is -0.497 e. The van der Waals surface area contributed by atoms with E-state index in [1.54, 1.807) is 12.0 Å². The highest BCUT2D eigenvalue weighted by molar-refractivity contribution is 7.91. The van der Waals surface area contributed by atoms with Gasteiger partial charge in [-0.3, -0.25) is 0 Å². The third kappa shape index (κ3) is 3.60. The van der Waals surface area contributed by atoms with Crippen molar-refractivity contribution < 1.29 is 17.9 Å². The predicted molar refractivity (Wildman–Crippen MR) is 87.3 cm³/mol. The van der Waals surface area contributed by atoms with Crippen molar-refractivity contribution in [3.63, 3.8) is 0 Å². The molecule has 0 aliphatic carbocycles. The van der Waals surface area contributed by atoms with Crippen LogP contribution in [0.2, 0.25) is 0 Å². The molecular formula is C16H22N2O4S. The molecule has 0 bridgehead atoms. The summed E-state index contributed by atoms with van der Waals surface area (Å²) >= 11 is 0. The van der Waals surface area contributed by atoms with Crippen LogP contribution < -0.4 is 10.1 Å². The second kappa shape index (κ2) is 6.39. The second-order valence-electron chi connectivity index (χ2n) is 6.18. The number of ether oxygens (including phenoxy) is 1. The molecule has 0 saturated carbocycles. The normalized spacial score (nSPS) is 26.2. The molecule has 1 aromatic rings. The van der Waals surface area contributed by atoms with Crippen LogP contribution in [0.3, 0.4) is 0 Å². The first-order valence-electron chi connectivity index (χ1n) is 7.90. The molecule has 3 rings (SSSR count). The molecule has 0 spiro atoms. The van der Waals surface area contributed by atoms with Gasteiger partial charge in [-0.2, -0.15) is 0 Å². The van der Waals surface area contributed by atoms with Crippen LogP contribution in [0.4, 0.5) is 4.79 Å². The van der Waals surface area contributed by atoms with E-state index in [0.717, 1.165) is 24.2 Å². The van der Waals surface area contributed by atoms with Crippen LogP contribution in [-0.4, -0.2) is 50.6 Å². The average molecular weight is 338 g/mol. The lowest BCUT2D eigenvalue weighted by Gasteiger charge is -2.27. The van der Waals surface area contributed by atoms with Crippen molar-refractivity contribution in [2.24, 2.45) is 0 Å². The van der Waals surface area contributed by atoms with Crippen LogP contribution in [0.5, 0.6) is 5.75 Å². The zero-order valence-corrected chi connectivity index (χ0v) is 14.0. The summed E-state index contributed by atoms with van der Waals surface area (Å²) in [5.74, 6) is 0.991. The Labute approximate surface area is 136 Å². The molecular weight excluding hydrogens is 316 g/mol. The fourth-order valence-electron chi connectivity index (χ4n) is 3.37. The lowest BCUT2D eigenvalue weighted by Crippen LogP contribution is -2.45. The summed E-state index contributed by atoms with van der Waals surface area (Å²) in [6.45, 7) is 0.688. The van der Waals surface area contributed by atoms with Gasteiger partial charge in [-0.15, -0.1) is 0 Å². The molecule has 0 aromatic heterocycles. The van der Waals surface area contributed by atoms with Crippen LogP contribution in [0.25, 0.3) is 0 Å². The van der Waals surface area contributed by atoms with Crippen molar-refractivity contribution in [1.29, 1.82) is 0 Å². The number of nitrogens with zero attached hydrogens (tertiary/aromatic N) is 1. The SMILES string of the molecule is COc1cccc([C@@H]2CCCN2C(=O)N[C@H]2CCS(=O)(=O)C2)c1. The lowest BCUT2D eigenvalue weighted by atomic mass is 10.0. The zero-order valence-electron chi connectivity index (χ0n) is 13.2. The Morgan fingerprint density at radius 3 is 2.87 bits per heavy atom. The van der Waals surface area contributed by atoms with E-state index in [1.807, 2.05) is 24.3 Å². The average Bonchev–Trinajstić information content (AvgIpc) is 3.14. The van der Waals surface area contributed by atoms with Gasteiger partial charge in [0.05, 0.1) is 24.7 Å². The van der Waals surface area contributed by atoms with Gasteiger partial charge in [0.15, 0.2) is 9.84 Å². The number of hydrogen-bond donors (Lipinski definition) is 1. The Kier molecular flexibility index (Phi) is 4.48. The van der Waals surface area contributed by atoms with E-state index in [1.165, 1.54) is 0 Å².